The summed E-state index contributed by atoms with van der Waals surface area (Å²) in [5.74, 6) is 2.20. The summed E-state index contributed by atoms with van der Waals surface area (Å²) in [6.45, 7) is 1.75. The largest absolute Gasteiger partial charge is 0.368 e. The fourth-order valence-electron chi connectivity index (χ4n) is 2.40. The molecular weight excluding hydrogens is 266 g/mol. The minimum atomic E-state index is 0.198. The maximum Gasteiger partial charge on any atom is 0.223 e. The number of nitrogen functional groups attached to an aromatic ring is 1. The van der Waals surface area contributed by atoms with Gasteiger partial charge in [-0.05, 0) is 12.8 Å². The predicted octanol–water partition coefficient (Wildman–Crippen LogP) is 1.21. The lowest BCUT2D eigenvalue weighted by Gasteiger charge is -2.32. The molecule has 0 amide bonds. The molecule has 1 aliphatic heterocycles. The molecule has 0 bridgehead atoms. The molecule has 7 nitrogen and oxygen atoms in total. The molecule has 0 spiro atoms. The molecule has 100 valence electrons. The second-order valence-corrected chi connectivity index (χ2v) is 4.95. The Morgan fingerprint density at radius 1 is 1.42 bits per heavy atom. The van der Waals surface area contributed by atoms with Crippen LogP contribution in [0.1, 0.15) is 24.6 Å². The number of halogens is 1. The number of hydrogen-bond acceptors (Lipinski definition) is 6. The number of nitrogens with two attached hydrogens (primary N) is 1. The van der Waals surface area contributed by atoms with Crippen LogP contribution in [-0.4, -0.2) is 38.2 Å². The predicted molar refractivity (Wildman–Crippen MR) is 72.0 cm³/mol. The molecule has 1 saturated heterocycles. The van der Waals surface area contributed by atoms with Gasteiger partial charge in [0.2, 0.25) is 5.95 Å². The van der Waals surface area contributed by atoms with Gasteiger partial charge in [0.25, 0.3) is 0 Å². The van der Waals surface area contributed by atoms with Crippen molar-refractivity contribution in [1.29, 1.82) is 0 Å². The first-order valence-corrected chi connectivity index (χ1v) is 6.50. The molecule has 1 fully saturated rings. The molecule has 8 heteroatoms. The van der Waals surface area contributed by atoms with E-state index in [2.05, 4.69) is 30.0 Å². The van der Waals surface area contributed by atoms with Gasteiger partial charge < -0.3 is 10.6 Å². The zero-order valence-corrected chi connectivity index (χ0v) is 11.0. The molecule has 3 heterocycles. The second-order valence-electron chi connectivity index (χ2n) is 4.56. The van der Waals surface area contributed by atoms with Crippen LogP contribution in [0, 0.1) is 0 Å². The van der Waals surface area contributed by atoms with E-state index in [4.69, 9.17) is 17.3 Å². The van der Waals surface area contributed by atoms with E-state index in [1.807, 2.05) is 0 Å². The van der Waals surface area contributed by atoms with Crippen LogP contribution in [0.3, 0.4) is 0 Å². The summed E-state index contributed by atoms with van der Waals surface area (Å²) in [5, 5.41) is 7.20. The summed E-state index contributed by atoms with van der Waals surface area (Å²) in [4.78, 5) is 14.5. The number of aromatic nitrogens is 5. The van der Waals surface area contributed by atoms with Gasteiger partial charge in [-0.2, -0.15) is 10.1 Å². The van der Waals surface area contributed by atoms with Crippen molar-refractivity contribution < 1.29 is 0 Å². The highest BCUT2D eigenvalue weighted by atomic mass is 35.5. The second kappa shape index (κ2) is 5.00. The first-order chi connectivity index (χ1) is 9.22. The van der Waals surface area contributed by atoms with Gasteiger partial charge in [-0.15, -0.1) is 0 Å². The molecule has 1 atom stereocenters. The SMILES string of the molecule is Nc1nc(Cl)cc(N2CCC[C@H](c3ncn[nH]3)C2)n1. The highest BCUT2D eigenvalue weighted by Gasteiger charge is 2.24. The van der Waals surface area contributed by atoms with Crippen molar-refractivity contribution in [3.63, 3.8) is 0 Å². The van der Waals surface area contributed by atoms with Crippen molar-refractivity contribution in [2.45, 2.75) is 18.8 Å². The van der Waals surface area contributed by atoms with Gasteiger partial charge in [-0.3, -0.25) is 5.10 Å². The van der Waals surface area contributed by atoms with E-state index in [-0.39, 0.29) is 5.95 Å². The van der Waals surface area contributed by atoms with Crippen molar-refractivity contribution in [3.8, 4) is 0 Å². The number of hydrogen-bond donors (Lipinski definition) is 2. The maximum absolute atomic E-state index is 5.92. The number of nitrogens with zero attached hydrogens (tertiary/aromatic N) is 5. The average molecular weight is 280 g/mol. The smallest absolute Gasteiger partial charge is 0.223 e. The normalized spacial score (nSPS) is 19.6. The van der Waals surface area contributed by atoms with Gasteiger partial charge in [0.1, 0.15) is 23.1 Å². The summed E-state index contributed by atoms with van der Waals surface area (Å²) in [5.41, 5.74) is 5.63. The summed E-state index contributed by atoms with van der Waals surface area (Å²) < 4.78 is 0. The Labute approximate surface area is 115 Å². The Morgan fingerprint density at radius 2 is 2.32 bits per heavy atom. The van der Waals surface area contributed by atoms with Gasteiger partial charge in [-0.1, -0.05) is 11.6 Å². The van der Waals surface area contributed by atoms with Crippen LogP contribution in [0.25, 0.3) is 0 Å². The molecule has 2 aromatic rings. The maximum atomic E-state index is 5.92. The van der Waals surface area contributed by atoms with E-state index in [1.54, 1.807) is 6.07 Å². The molecule has 0 saturated carbocycles. The van der Waals surface area contributed by atoms with Crippen molar-refractivity contribution in [2.75, 3.05) is 23.7 Å². The van der Waals surface area contributed by atoms with E-state index < -0.39 is 0 Å². The molecule has 0 aliphatic carbocycles. The molecule has 0 unspecified atom stereocenters. The number of H-pyrrole nitrogens is 1. The first kappa shape index (κ1) is 12.2. The minimum Gasteiger partial charge on any atom is -0.368 e. The van der Waals surface area contributed by atoms with Gasteiger partial charge in [0, 0.05) is 25.1 Å². The van der Waals surface area contributed by atoms with Gasteiger partial charge >= 0.3 is 0 Å². The van der Waals surface area contributed by atoms with E-state index in [0.29, 0.717) is 11.1 Å². The van der Waals surface area contributed by atoms with Crippen molar-refractivity contribution in [2.24, 2.45) is 0 Å². The molecule has 0 aromatic carbocycles. The van der Waals surface area contributed by atoms with Gasteiger partial charge in [0.15, 0.2) is 0 Å². The summed E-state index contributed by atoms with van der Waals surface area (Å²) >= 11 is 5.92. The Balaban J connectivity index is 1.81. The molecule has 3 N–H and O–H groups in total. The van der Waals surface area contributed by atoms with Crippen LogP contribution in [0.2, 0.25) is 5.15 Å². The lowest BCUT2D eigenvalue weighted by molar-refractivity contribution is 0.490. The van der Waals surface area contributed by atoms with Crippen LogP contribution in [-0.2, 0) is 0 Å². The third kappa shape index (κ3) is 2.60. The lowest BCUT2D eigenvalue weighted by atomic mass is 9.97. The van der Waals surface area contributed by atoms with Crippen LogP contribution in [0.4, 0.5) is 11.8 Å². The Hall–Kier alpha value is -1.89. The number of piperidine rings is 1. The third-order valence-electron chi connectivity index (χ3n) is 3.26. The lowest BCUT2D eigenvalue weighted by Crippen LogP contribution is -2.35. The number of aromatic amines is 1. The number of rotatable bonds is 2. The van der Waals surface area contributed by atoms with Crippen molar-refractivity contribution >= 4 is 23.4 Å². The first-order valence-electron chi connectivity index (χ1n) is 6.12. The topological polar surface area (TPSA) is 96.6 Å². The van der Waals surface area contributed by atoms with Crippen molar-refractivity contribution in [3.05, 3.63) is 23.4 Å². The number of anilines is 2. The Morgan fingerprint density at radius 3 is 3.05 bits per heavy atom. The van der Waals surface area contributed by atoms with Gasteiger partial charge in [-0.25, -0.2) is 9.97 Å². The van der Waals surface area contributed by atoms with E-state index in [1.165, 1.54) is 6.33 Å². The van der Waals surface area contributed by atoms with E-state index in [9.17, 15) is 0 Å². The molecule has 3 rings (SSSR count). The molecular formula is C11H14ClN7. The van der Waals surface area contributed by atoms with Crippen LogP contribution < -0.4 is 10.6 Å². The highest BCUT2D eigenvalue weighted by Crippen LogP contribution is 2.28. The third-order valence-corrected chi connectivity index (χ3v) is 3.46. The summed E-state index contributed by atoms with van der Waals surface area (Å²) in [7, 11) is 0. The highest BCUT2D eigenvalue weighted by molar-refractivity contribution is 6.29. The molecule has 0 radical (unpaired) electrons. The standard InChI is InChI=1S/C11H14ClN7/c12-8-4-9(17-11(13)16-8)19-3-1-2-7(5-19)10-14-6-15-18-10/h4,6-7H,1-3,5H2,(H2,13,16,17)(H,14,15,18)/t7-/m0/s1. The zero-order valence-electron chi connectivity index (χ0n) is 10.3. The van der Waals surface area contributed by atoms with Crippen LogP contribution in [0.15, 0.2) is 12.4 Å². The van der Waals surface area contributed by atoms with Crippen LogP contribution >= 0.6 is 11.6 Å². The van der Waals surface area contributed by atoms with E-state index in [0.717, 1.165) is 37.6 Å². The average Bonchev–Trinajstić information content (AvgIpc) is 2.92. The molecule has 19 heavy (non-hydrogen) atoms. The quantitative estimate of drug-likeness (QED) is 0.802. The summed E-state index contributed by atoms with van der Waals surface area (Å²) in [6, 6.07) is 1.74. The van der Waals surface area contributed by atoms with Gasteiger partial charge in [0.05, 0.1) is 0 Å². The Bertz CT molecular complexity index is 536. The summed E-state index contributed by atoms with van der Waals surface area (Å²) in [6.07, 6.45) is 3.68. The molecule has 1 aliphatic rings. The van der Waals surface area contributed by atoms with Crippen LogP contribution in [0.5, 0.6) is 0 Å². The fraction of sp³-hybridized carbons (Fsp3) is 0.455. The zero-order chi connectivity index (χ0) is 13.2. The van der Waals surface area contributed by atoms with E-state index >= 15 is 0 Å². The Kier molecular flexibility index (Phi) is 3.20. The molecule has 2 aromatic heterocycles. The minimum absolute atomic E-state index is 0.198. The number of nitrogens with one attached hydrogen (secondary N) is 1. The fourth-order valence-corrected chi connectivity index (χ4v) is 2.59. The van der Waals surface area contributed by atoms with Crippen molar-refractivity contribution in [1.82, 2.24) is 25.1 Å². The monoisotopic (exact) mass is 279 g/mol.